The van der Waals surface area contributed by atoms with Crippen LogP contribution in [0.2, 0.25) is 0 Å². The van der Waals surface area contributed by atoms with Crippen molar-refractivity contribution in [2.75, 3.05) is 41.4 Å². The molecule has 3 rings (SSSR count). The Hall–Kier alpha value is -4.29. The van der Waals surface area contributed by atoms with Crippen molar-refractivity contribution in [3.05, 3.63) is 40.2 Å². The summed E-state index contributed by atoms with van der Waals surface area (Å²) < 4.78 is 0. The summed E-state index contributed by atoms with van der Waals surface area (Å²) >= 11 is 0. The number of hydrogen-bond donors (Lipinski definition) is 7. The van der Waals surface area contributed by atoms with E-state index in [1.54, 1.807) is 24.3 Å². The van der Waals surface area contributed by atoms with E-state index in [0.29, 0.717) is 24.6 Å². The van der Waals surface area contributed by atoms with E-state index in [0.717, 1.165) is 5.69 Å². The molecule has 176 valence electrons. The van der Waals surface area contributed by atoms with Gasteiger partial charge in [0.25, 0.3) is 11.5 Å². The van der Waals surface area contributed by atoms with Crippen LogP contribution in [0.25, 0.3) is 0 Å². The zero-order valence-electron chi connectivity index (χ0n) is 17.8. The lowest BCUT2D eigenvalue weighted by Gasteiger charge is -2.31. The number of carboxylic acids is 2. The van der Waals surface area contributed by atoms with Gasteiger partial charge in [0, 0.05) is 37.8 Å². The number of likely N-dealkylation sites (N-methyl/N-ethyl adjacent to an activating group) is 1. The predicted molar refractivity (Wildman–Crippen MR) is 121 cm³/mol. The average molecular weight is 459 g/mol. The highest BCUT2D eigenvalue weighted by molar-refractivity contribution is 5.97. The van der Waals surface area contributed by atoms with Crippen LogP contribution in [0.3, 0.4) is 0 Å². The number of nitrogens with zero attached hydrogens (tertiary/aromatic N) is 2. The van der Waals surface area contributed by atoms with Crippen molar-refractivity contribution >= 4 is 41.0 Å². The number of rotatable bonds is 9. The molecule has 0 spiro atoms. The van der Waals surface area contributed by atoms with E-state index in [9.17, 15) is 24.3 Å². The van der Waals surface area contributed by atoms with Crippen LogP contribution in [0.1, 0.15) is 23.2 Å². The van der Waals surface area contributed by atoms with Gasteiger partial charge in [-0.1, -0.05) is 0 Å². The summed E-state index contributed by atoms with van der Waals surface area (Å²) in [5, 5.41) is 26.5. The Morgan fingerprint density at radius 2 is 1.97 bits per heavy atom. The molecule has 2 atom stereocenters. The number of nitrogen functional groups attached to an aromatic ring is 1. The molecule has 1 aliphatic heterocycles. The molecule has 1 aromatic carbocycles. The summed E-state index contributed by atoms with van der Waals surface area (Å²) in [5.41, 5.74) is 6.54. The second kappa shape index (κ2) is 9.89. The fourth-order valence-corrected chi connectivity index (χ4v) is 3.41. The second-order valence-corrected chi connectivity index (χ2v) is 7.62. The van der Waals surface area contributed by atoms with Crippen molar-refractivity contribution in [3.8, 4) is 0 Å². The third kappa shape index (κ3) is 5.90. The molecule has 2 aromatic rings. The van der Waals surface area contributed by atoms with Crippen LogP contribution < -0.4 is 32.1 Å². The predicted octanol–water partition coefficient (Wildman–Crippen LogP) is -0.258. The number of anilines is 4. The first kappa shape index (κ1) is 23.4. The summed E-state index contributed by atoms with van der Waals surface area (Å²) in [5.74, 6) is -2.62. The number of carboxylic acid groups (broad SMARTS) is 2. The van der Waals surface area contributed by atoms with Gasteiger partial charge in [-0.15, -0.1) is 0 Å². The van der Waals surface area contributed by atoms with Crippen molar-refractivity contribution in [1.82, 2.24) is 15.3 Å². The first-order valence-electron chi connectivity index (χ1n) is 10.1. The second-order valence-electron chi connectivity index (χ2n) is 7.62. The van der Waals surface area contributed by atoms with E-state index < -0.39 is 23.9 Å². The summed E-state index contributed by atoms with van der Waals surface area (Å²) in [6.07, 6.45) is -0.585. The van der Waals surface area contributed by atoms with Crippen molar-refractivity contribution in [2.24, 2.45) is 0 Å². The summed E-state index contributed by atoms with van der Waals surface area (Å²) in [6, 6.07) is 5.12. The molecule has 1 amide bonds. The summed E-state index contributed by atoms with van der Waals surface area (Å²) in [4.78, 5) is 54.8. The molecule has 1 aliphatic rings. The fraction of sp³-hybridized carbons (Fsp3) is 0.350. The Morgan fingerprint density at radius 3 is 2.61 bits per heavy atom. The molecule has 0 saturated heterocycles. The zero-order chi connectivity index (χ0) is 24.1. The molecule has 8 N–H and O–H groups in total. The van der Waals surface area contributed by atoms with Gasteiger partial charge in [0.15, 0.2) is 5.82 Å². The number of benzene rings is 1. The molecular formula is C20H25N7O6. The monoisotopic (exact) mass is 459 g/mol. The van der Waals surface area contributed by atoms with E-state index in [2.05, 4.69) is 25.9 Å². The van der Waals surface area contributed by atoms with Gasteiger partial charge in [0.2, 0.25) is 5.95 Å². The highest BCUT2D eigenvalue weighted by Gasteiger charge is 2.24. The molecule has 0 aliphatic carbocycles. The minimum absolute atomic E-state index is 0.0318. The van der Waals surface area contributed by atoms with Crippen LogP contribution in [0.15, 0.2) is 29.1 Å². The van der Waals surface area contributed by atoms with Gasteiger partial charge < -0.3 is 36.8 Å². The Morgan fingerprint density at radius 1 is 1.27 bits per heavy atom. The number of aliphatic carboxylic acids is 2. The SMILES string of the molecule is CN(C[C@H]1CNc2nc(N)[nH]c(=O)c2N1)c1ccc(C(=O)N[C@@H](CCC(=O)O)C(=O)O)cc1. The van der Waals surface area contributed by atoms with Crippen LogP contribution in [0.4, 0.5) is 23.1 Å². The summed E-state index contributed by atoms with van der Waals surface area (Å²) in [7, 11) is 1.85. The van der Waals surface area contributed by atoms with Crippen molar-refractivity contribution in [2.45, 2.75) is 24.9 Å². The number of H-pyrrole nitrogens is 1. The van der Waals surface area contributed by atoms with Gasteiger partial charge in [-0.2, -0.15) is 4.98 Å². The molecule has 33 heavy (non-hydrogen) atoms. The Balaban J connectivity index is 1.60. The number of fused-ring (bicyclic) bond motifs is 1. The van der Waals surface area contributed by atoms with E-state index in [-0.39, 0.29) is 36.0 Å². The molecule has 0 unspecified atom stereocenters. The highest BCUT2D eigenvalue weighted by Crippen LogP contribution is 2.21. The Kier molecular flexibility index (Phi) is 7.00. The van der Waals surface area contributed by atoms with Crippen molar-refractivity contribution in [1.29, 1.82) is 0 Å². The van der Waals surface area contributed by atoms with Crippen molar-refractivity contribution < 1.29 is 24.6 Å². The zero-order valence-corrected chi connectivity index (χ0v) is 17.8. The topological polar surface area (TPSA) is 203 Å². The minimum Gasteiger partial charge on any atom is -0.481 e. The molecule has 13 heteroatoms. The third-order valence-corrected chi connectivity index (χ3v) is 5.12. The first-order chi connectivity index (χ1) is 15.6. The number of hydrogen-bond acceptors (Lipinski definition) is 9. The van der Waals surface area contributed by atoms with Crippen LogP contribution in [-0.4, -0.2) is 70.2 Å². The molecule has 0 bridgehead atoms. The van der Waals surface area contributed by atoms with Gasteiger partial charge >= 0.3 is 11.9 Å². The molecule has 0 fully saturated rings. The van der Waals surface area contributed by atoms with Gasteiger partial charge in [-0.25, -0.2) is 4.79 Å². The Bertz CT molecular complexity index is 1100. The maximum absolute atomic E-state index is 12.4. The van der Waals surface area contributed by atoms with Crippen molar-refractivity contribution in [3.63, 3.8) is 0 Å². The molecular weight excluding hydrogens is 434 g/mol. The lowest BCUT2D eigenvalue weighted by atomic mass is 10.1. The number of carbonyl (C=O) groups is 3. The van der Waals surface area contributed by atoms with Crippen LogP contribution in [0.5, 0.6) is 0 Å². The quantitative estimate of drug-likeness (QED) is 0.260. The Labute approximate surface area is 188 Å². The van der Waals surface area contributed by atoms with Gasteiger partial charge in [0.05, 0.1) is 6.04 Å². The molecule has 13 nitrogen and oxygen atoms in total. The summed E-state index contributed by atoms with van der Waals surface area (Å²) in [6.45, 7) is 1.04. The van der Waals surface area contributed by atoms with Crippen LogP contribution >= 0.6 is 0 Å². The van der Waals surface area contributed by atoms with E-state index >= 15 is 0 Å². The number of carbonyl (C=O) groups excluding carboxylic acids is 1. The number of aromatic amines is 1. The molecule has 1 aromatic heterocycles. The van der Waals surface area contributed by atoms with Gasteiger partial charge in [0.1, 0.15) is 11.7 Å². The fourth-order valence-electron chi connectivity index (χ4n) is 3.41. The normalized spacial score (nSPS) is 15.4. The number of aromatic nitrogens is 2. The molecule has 0 radical (unpaired) electrons. The third-order valence-electron chi connectivity index (χ3n) is 5.12. The molecule has 2 heterocycles. The largest absolute Gasteiger partial charge is 0.481 e. The minimum atomic E-state index is -1.30. The number of nitrogens with one attached hydrogen (secondary N) is 4. The average Bonchev–Trinajstić information content (AvgIpc) is 2.76. The first-order valence-corrected chi connectivity index (χ1v) is 10.1. The number of nitrogens with two attached hydrogens (primary N) is 1. The maximum Gasteiger partial charge on any atom is 0.326 e. The lowest BCUT2D eigenvalue weighted by molar-refractivity contribution is -0.140. The smallest absolute Gasteiger partial charge is 0.326 e. The van der Waals surface area contributed by atoms with Crippen LogP contribution in [0, 0.1) is 0 Å². The molecule has 0 saturated carbocycles. The lowest BCUT2D eigenvalue weighted by Crippen LogP contribution is -2.44. The van der Waals surface area contributed by atoms with E-state index in [1.165, 1.54) is 0 Å². The number of amides is 1. The standard InChI is InChI=1S/C20H25N7O6/c1-27(9-11-8-22-16-15(23-11)18(31)26-20(21)25-16)12-4-2-10(3-5-12)17(30)24-13(19(32)33)6-7-14(28)29/h2-5,11,13,23H,6-9H2,1H3,(H,24,30)(H,28,29)(H,32,33)(H4,21,22,25,26,31)/t11-,13+/m1/s1. The van der Waals surface area contributed by atoms with Crippen LogP contribution in [-0.2, 0) is 9.59 Å². The maximum atomic E-state index is 12.4. The van der Waals surface area contributed by atoms with Gasteiger partial charge in [-0.05, 0) is 30.7 Å². The highest BCUT2D eigenvalue weighted by atomic mass is 16.4. The van der Waals surface area contributed by atoms with Gasteiger partial charge in [-0.3, -0.25) is 19.4 Å². The van der Waals surface area contributed by atoms with E-state index in [1.807, 2.05) is 11.9 Å². The van der Waals surface area contributed by atoms with E-state index in [4.69, 9.17) is 10.8 Å².